The molecule has 0 spiro atoms. The van der Waals surface area contributed by atoms with Crippen LogP contribution in [0.3, 0.4) is 0 Å². The molecule has 1 aromatic carbocycles. The monoisotopic (exact) mass is 425 g/mol. The van der Waals surface area contributed by atoms with E-state index in [4.69, 9.17) is 26.1 Å². The number of benzene rings is 1. The van der Waals surface area contributed by atoms with Crippen LogP contribution in [-0.4, -0.2) is 35.9 Å². The van der Waals surface area contributed by atoms with Crippen molar-refractivity contribution in [3.8, 4) is 5.75 Å². The number of halogens is 1. The second kappa shape index (κ2) is 9.19. The van der Waals surface area contributed by atoms with Gasteiger partial charge in [-0.3, -0.25) is 4.99 Å². The van der Waals surface area contributed by atoms with Crippen molar-refractivity contribution in [3.63, 3.8) is 0 Å². The van der Waals surface area contributed by atoms with Crippen LogP contribution in [0.25, 0.3) is 11.0 Å². The highest BCUT2D eigenvalue weighted by atomic mass is 35.5. The molecule has 3 aromatic rings. The third-order valence-electron chi connectivity index (χ3n) is 6.21. The molecule has 1 N–H and O–H groups in total. The summed E-state index contributed by atoms with van der Waals surface area (Å²) in [5.41, 5.74) is 4.07. The number of rotatable bonds is 7. The zero-order valence-corrected chi connectivity index (χ0v) is 18.4. The Balaban J connectivity index is 1.52. The van der Waals surface area contributed by atoms with E-state index in [1.165, 1.54) is 0 Å². The van der Waals surface area contributed by atoms with E-state index in [0.717, 1.165) is 52.9 Å². The fraction of sp³-hybridized carbons (Fsp3) is 0.417. The zero-order chi connectivity index (χ0) is 21.1. The smallest absolute Gasteiger partial charge is 0.137 e. The Hall–Kier alpha value is -2.37. The van der Waals surface area contributed by atoms with Crippen LogP contribution >= 0.6 is 11.6 Å². The lowest BCUT2D eigenvalue weighted by Crippen LogP contribution is -2.21. The summed E-state index contributed by atoms with van der Waals surface area (Å²) in [6.07, 6.45) is 6.90. The number of hydrogen-bond acceptors (Lipinski definition) is 4. The lowest BCUT2D eigenvalue weighted by atomic mass is 9.85. The van der Waals surface area contributed by atoms with Gasteiger partial charge in [-0.15, -0.1) is 0 Å². The normalized spacial score (nSPS) is 22.0. The van der Waals surface area contributed by atoms with Crippen LogP contribution in [0.1, 0.15) is 37.3 Å². The summed E-state index contributed by atoms with van der Waals surface area (Å²) in [5, 5.41) is 1.68. The first-order valence-corrected chi connectivity index (χ1v) is 10.9. The number of pyridine rings is 1. The maximum atomic E-state index is 6.61. The van der Waals surface area contributed by atoms with Crippen molar-refractivity contribution in [2.24, 2.45) is 16.8 Å². The first-order valence-electron chi connectivity index (χ1n) is 10.5. The largest absolute Gasteiger partial charge is 0.497 e. The van der Waals surface area contributed by atoms with Crippen LogP contribution in [-0.2, 0) is 11.3 Å². The fourth-order valence-electron chi connectivity index (χ4n) is 4.64. The summed E-state index contributed by atoms with van der Waals surface area (Å²) >= 11 is 6.61. The van der Waals surface area contributed by atoms with Crippen LogP contribution in [0.2, 0.25) is 5.02 Å². The quantitative estimate of drug-likeness (QED) is 0.496. The third-order valence-corrected chi connectivity index (χ3v) is 6.50. The minimum absolute atomic E-state index is 0.209. The average Bonchev–Trinajstić information content (AvgIpc) is 3.41. The number of aliphatic imine (C=N–C) groups is 1. The molecule has 3 unspecified atom stereocenters. The zero-order valence-electron chi connectivity index (χ0n) is 17.7. The molecule has 5 nitrogen and oxygen atoms in total. The average molecular weight is 426 g/mol. The Labute approximate surface area is 182 Å². The van der Waals surface area contributed by atoms with Crippen molar-refractivity contribution < 1.29 is 9.47 Å². The summed E-state index contributed by atoms with van der Waals surface area (Å²) in [5.74, 6) is 1.70. The molecule has 0 saturated heterocycles. The van der Waals surface area contributed by atoms with Gasteiger partial charge < -0.3 is 14.5 Å². The minimum Gasteiger partial charge on any atom is -0.497 e. The van der Waals surface area contributed by atoms with Gasteiger partial charge >= 0.3 is 0 Å². The number of nitrogens with zero attached hydrogens (tertiary/aromatic N) is 2. The van der Waals surface area contributed by atoms with Crippen LogP contribution in [0.4, 0.5) is 0 Å². The summed E-state index contributed by atoms with van der Waals surface area (Å²) in [7, 11) is 3.54. The highest BCUT2D eigenvalue weighted by Gasteiger charge is 2.38. The molecule has 1 saturated carbocycles. The molecule has 1 fully saturated rings. The summed E-state index contributed by atoms with van der Waals surface area (Å²) in [6, 6.07) is 10.1. The van der Waals surface area contributed by atoms with Gasteiger partial charge in [-0.25, -0.2) is 4.98 Å². The second-order valence-electron chi connectivity index (χ2n) is 7.86. The van der Waals surface area contributed by atoms with Gasteiger partial charge in [-0.05, 0) is 42.5 Å². The molecule has 6 heteroatoms. The molecular weight excluding hydrogens is 398 g/mol. The van der Waals surface area contributed by atoms with Crippen molar-refractivity contribution in [2.45, 2.75) is 38.9 Å². The molecule has 0 amide bonds. The SMILES string of the molecule is CCC1CC(OCc2ccc(OC)cc2)CC1/C(=N/C)c1c(Cl)cnc2[nH]ccc12. The number of H-pyrrole nitrogens is 1. The first kappa shape index (κ1) is 20.9. The summed E-state index contributed by atoms with van der Waals surface area (Å²) in [4.78, 5) is 12.3. The van der Waals surface area contributed by atoms with Gasteiger partial charge in [0.05, 0.1) is 24.8 Å². The summed E-state index contributed by atoms with van der Waals surface area (Å²) < 4.78 is 11.5. The van der Waals surface area contributed by atoms with Crippen LogP contribution in [0.15, 0.2) is 47.7 Å². The molecule has 3 atom stereocenters. The van der Waals surface area contributed by atoms with Crippen LogP contribution in [0, 0.1) is 11.8 Å². The Kier molecular flexibility index (Phi) is 6.40. The number of fused-ring (bicyclic) bond motifs is 1. The van der Waals surface area contributed by atoms with E-state index in [0.29, 0.717) is 23.5 Å². The Morgan fingerprint density at radius 3 is 2.73 bits per heavy atom. The van der Waals surface area contributed by atoms with E-state index in [1.54, 1.807) is 13.3 Å². The number of aromatic nitrogens is 2. The second-order valence-corrected chi connectivity index (χ2v) is 8.26. The first-order chi connectivity index (χ1) is 14.6. The van der Waals surface area contributed by atoms with E-state index < -0.39 is 0 Å². The maximum Gasteiger partial charge on any atom is 0.137 e. The van der Waals surface area contributed by atoms with E-state index in [9.17, 15) is 0 Å². The van der Waals surface area contributed by atoms with Crippen molar-refractivity contribution in [1.82, 2.24) is 9.97 Å². The van der Waals surface area contributed by atoms with Gasteiger partial charge in [0.15, 0.2) is 0 Å². The molecule has 4 rings (SSSR count). The minimum atomic E-state index is 0.209. The molecule has 2 aromatic heterocycles. The van der Waals surface area contributed by atoms with Crippen molar-refractivity contribution in [3.05, 3.63) is 58.9 Å². The molecule has 30 heavy (non-hydrogen) atoms. The molecule has 1 aliphatic rings. The van der Waals surface area contributed by atoms with Crippen molar-refractivity contribution >= 4 is 28.3 Å². The molecule has 1 aliphatic carbocycles. The van der Waals surface area contributed by atoms with E-state index in [1.807, 2.05) is 31.4 Å². The lowest BCUT2D eigenvalue weighted by molar-refractivity contribution is 0.0421. The predicted molar refractivity (Wildman–Crippen MR) is 122 cm³/mol. The van der Waals surface area contributed by atoms with Gasteiger partial charge in [0.25, 0.3) is 0 Å². The summed E-state index contributed by atoms with van der Waals surface area (Å²) in [6.45, 7) is 2.85. The highest BCUT2D eigenvalue weighted by Crippen LogP contribution is 2.41. The Morgan fingerprint density at radius 1 is 1.23 bits per heavy atom. The molecule has 158 valence electrons. The maximum absolute atomic E-state index is 6.61. The number of methoxy groups -OCH3 is 1. The lowest BCUT2D eigenvalue weighted by Gasteiger charge is -2.21. The van der Waals surface area contributed by atoms with Gasteiger partial charge in [0, 0.05) is 42.0 Å². The number of aromatic amines is 1. The Bertz CT molecular complexity index is 1030. The molecule has 2 heterocycles. The standard InChI is InChI=1S/C24H28ClN3O2/c1-4-16-11-18(30-14-15-5-7-17(29-3)8-6-15)12-20(16)23(26-2)22-19-9-10-27-24(19)28-13-21(22)25/h5-10,13,16,18,20H,4,11-12,14H2,1-3H3,(H,27,28)/b26-23-. The number of hydrogen-bond donors (Lipinski definition) is 1. The van der Waals surface area contributed by atoms with Crippen molar-refractivity contribution in [2.75, 3.05) is 14.2 Å². The van der Waals surface area contributed by atoms with Gasteiger partial charge in [-0.1, -0.05) is 37.1 Å². The topological polar surface area (TPSA) is 59.5 Å². The molecular formula is C24H28ClN3O2. The van der Waals surface area contributed by atoms with Crippen LogP contribution in [0.5, 0.6) is 5.75 Å². The number of nitrogens with one attached hydrogen (secondary N) is 1. The van der Waals surface area contributed by atoms with E-state index >= 15 is 0 Å². The molecule has 0 radical (unpaired) electrons. The van der Waals surface area contributed by atoms with Gasteiger partial charge in [-0.2, -0.15) is 0 Å². The number of ether oxygens (including phenoxy) is 2. The Morgan fingerprint density at radius 2 is 2.03 bits per heavy atom. The van der Waals surface area contributed by atoms with Crippen LogP contribution < -0.4 is 4.74 Å². The van der Waals surface area contributed by atoms with Gasteiger partial charge in [0.2, 0.25) is 0 Å². The van der Waals surface area contributed by atoms with E-state index in [2.05, 4.69) is 29.0 Å². The molecule has 0 aliphatic heterocycles. The van der Waals surface area contributed by atoms with E-state index in [-0.39, 0.29) is 6.10 Å². The molecule has 0 bridgehead atoms. The van der Waals surface area contributed by atoms with Crippen molar-refractivity contribution in [1.29, 1.82) is 0 Å². The predicted octanol–water partition coefficient (Wildman–Crippen LogP) is 5.67. The third kappa shape index (κ3) is 4.09. The van der Waals surface area contributed by atoms with Gasteiger partial charge in [0.1, 0.15) is 11.4 Å². The highest BCUT2D eigenvalue weighted by molar-refractivity contribution is 6.36. The fourth-order valence-corrected chi connectivity index (χ4v) is 4.89.